The molecule has 0 radical (unpaired) electrons. The maximum Gasteiger partial charge on any atom is 0.153 e. The summed E-state index contributed by atoms with van der Waals surface area (Å²) in [6.07, 6.45) is 0. The van der Waals surface area contributed by atoms with Crippen LogP contribution in [0.4, 0.5) is 18.9 Å². The second kappa shape index (κ2) is 13.0. The summed E-state index contributed by atoms with van der Waals surface area (Å²) in [6, 6.07) is 14.3. The van der Waals surface area contributed by atoms with E-state index in [4.69, 9.17) is 1.28 Å². The van der Waals surface area contributed by atoms with Gasteiger partial charge >= 0.3 is 0 Å². The van der Waals surface area contributed by atoms with Crippen molar-refractivity contribution in [3.8, 4) is 22.3 Å². The monoisotopic (exact) mass is 693 g/mol. The van der Waals surface area contributed by atoms with E-state index in [1.165, 1.54) is 12.1 Å². The Kier molecular flexibility index (Phi) is 11.1. The van der Waals surface area contributed by atoms with E-state index in [9.17, 15) is 13.2 Å². The molecule has 2 atom stereocenters. The zero-order valence-electron chi connectivity index (χ0n) is 16.1. The second-order valence-electron chi connectivity index (χ2n) is 5.66. The van der Waals surface area contributed by atoms with E-state index >= 15 is 0 Å². The molecule has 29 heavy (non-hydrogen) atoms. The van der Waals surface area contributed by atoms with Crippen molar-refractivity contribution < 1.29 is 44.3 Å². The number of hydrogen-bond acceptors (Lipinski definition) is 3. The molecule has 0 bridgehead atoms. The summed E-state index contributed by atoms with van der Waals surface area (Å²) >= 11 is 8.13. The van der Waals surface area contributed by atoms with Crippen LogP contribution in [0.25, 0.3) is 22.3 Å². The third-order valence-corrected chi connectivity index (χ3v) is 3.93. The number of rotatable bonds is 4. The summed E-state index contributed by atoms with van der Waals surface area (Å²) in [5.41, 5.74) is 2.31. The Morgan fingerprint density at radius 1 is 0.966 bits per heavy atom. The Bertz CT molecular complexity index is 1020. The van der Waals surface area contributed by atoms with Crippen LogP contribution in [0.2, 0.25) is 0 Å². The van der Waals surface area contributed by atoms with Gasteiger partial charge in [-0.1, -0.05) is 42.0 Å². The molecule has 0 heterocycles. The first kappa shape index (κ1) is 24.8. The van der Waals surface area contributed by atoms with Crippen molar-refractivity contribution >= 4 is 51.7 Å². The minimum Gasteiger partial charge on any atom is -0.206 e. The molecule has 0 fully saturated rings. The van der Waals surface area contributed by atoms with Crippen molar-refractivity contribution in [1.29, 1.82) is 1.28 Å². The molecule has 0 saturated carbocycles. The minimum atomic E-state index is -0.922. The Morgan fingerprint density at radius 3 is 1.97 bits per heavy atom. The van der Waals surface area contributed by atoms with Crippen LogP contribution in [-0.4, -0.2) is 6.44 Å². The molecule has 0 aliphatic heterocycles. The molecule has 3 aromatic carbocycles. The molecule has 148 valence electrons. The van der Waals surface area contributed by atoms with E-state index in [2.05, 4.69) is 29.5 Å². The smallest absolute Gasteiger partial charge is 0.153 e. The number of nitrogens with zero attached hydrogens (tertiary/aromatic N) is 1. The number of benzene rings is 3. The molecular formula is C20H16F3NP2S2U. The number of aryl methyl sites for hydroxylation is 1. The van der Waals surface area contributed by atoms with Crippen molar-refractivity contribution in [3.05, 3.63) is 77.6 Å². The van der Waals surface area contributed by atoms with Gasteiger partial charge in [-0.05, 0) is 61.5 Å². The molecule has 1 nitrogen and oxygen atoms in total. The first-order valence-corrected chi connectivity index (χ1v) is 12.1. The quantitative estimate of drug-likeness (QED) is 0.128. The van der Waals surface area contributed by atoms with Gasteiger partial charge in [0.15, 0.2) is 11.6 Å². The summed E-state index contributed by atoms with van der Waals surface area (Å²) in [4.78, 5) is 3.34. The first-order chi connectivity index (χ1) is 13.9. The minimum absolute atomic E-state index is 0. The van der Waals surface area contributed by atoms with E-state index in [0.29, 0.717) is 13.0 Å². The molecule has 2 unspecified atom stereocenters. The predicted octanol–water partition coefficient (Wildman–Crippen LogP) is 7.78. The summed E-state index contributed by atoms with van der Waals surface area (Å²) in [5, 5.41) is 1.92. The molecular weight excluding hydrogens is 675 g/mol. The summed E-state index contributed by atoms with van der Waals surface area (Å²) in [5.74, 6) is -2.41. The standard InChI is InChI=1S/C20H12F3NS.H4P2S.U/c1-12-2-4-13(5-3-12)14-6-7-16(17(21)8-14)15-9-18(22)20(24-11-25)19(23)10-15;1-2-3;/h2-10H,1H3;2-3H,1H2;/i;1T;. The van der Waals surface area contributed by atoms with Gasteiger partial charge in [0, 0.05) is 36.7 Å². The number of hydrogen-bond donors (Lipinski definition) is 1. The molecule has 0 amide bonds. The van der Waals surface area contributed by atoms with Gasteiger partial charge in [0.1, 0.15) is 11.5 Å². The third kappa shape index (κ3) is 7.30. The van der Waals surface area contributed by atoms with E-state index in [1.807, 2.05) is 36.4 Å². The normalized spacial score (nSPS) is 10.9. The Hall–Kier alpha value is -0.488. The van der Waals surface area contributed by atoms with Crippen LogP contribution >= 0.6 is 40.8 Å². The van der Waals surface area contributed by atoms with Crippen molar-refractivity contribution in [3.63, 3.8) is 0 Å². The third-order valence-electron chi connectivity index (χ3n) is 3.84. The van der Waals surface area contributed by atoms with Crippen LogP contribution in [0.5, 0.6) is 0 Å². The number of thiocarbonyl (C=S) groups is 1. The average molecular weight is 693 g/mol. The van der Waals surface area contributed by atoms with Crippen molar-refractivity contribution in [2.75, 3.05) is 0 Å². The summed E-state index contributed by atoms with van der Waals surface area (Å²) in [6.45, 7) is 1.97. The van der Waals surface area contributed by atoms with Crippen LogP contribution in [0.15, 0.2) is 59.6 Å². The fourth-order valence-corrected chi connectivity index (χ4v) is 2.64. The van der Waals surface area contributed by atoms with Crippen LogP contribution in [0.1, 0.15) is 5.56 Å². The number of isothiocyanates is 1. The predicted molar refractivity (Wildman–Crippen MR) is 124 cm³/mol. The van der Waals surface area contributed by atoms with Gasteiger partial charge in [-0.15, -0.1) is 8.87 Å². The maximum absolute atomic E-state index is 14.5. The molecule has 9 heteroatoms. The second-order valence-corrected chi connectivity index (χ2v) is 8.75. The fraction of sp³-hybridized carbons (Fsp3) is 0.0500. The van der Waals surface area contributed by atoms with E-state index < -0.39 is 23.1 Å². The van der Waals surface area contributed by atoms with Crippen LogP contribution in [-0.2, 0) is 0 Å². The first-order valence-electron chi connectivity index (χ1n) is 8.41. The molecule has 0 N–H and O–H groups in total. The average Bonchev–Trinajstić information content (AvgIpc) is 2.71. The van der Waals surface area contributed by atoms with Gasteiger partial charge in [-0.2, -0.15) is 17.2 Å². The fourth-order valence-electron chi connectivity index (χ4n) is 2.55. The number of thiol groups is 1. The SMILES string of the molecule is Cc1ccc(-c2ccc(-c3cc(F)c(N=C=S)c(F)c3)c(F)c2)cc1.[3H]PPS.[U]. The largest absolute Gasteiger partial charge is 0.206 e. The van der Waals surface area contributed by atoms with E-state index in [1.54, 1.807) is 6.07 Å². The molecule has 0 spiro atoms. The Morgan fingerprint density at radius 2 is 1.48 bits per heavy atom. The van der Waals surface area contributed by atoms with Crippen LogP contribution in [0, 0.1) is 55.5 Å². The Balaban J connectivity index is 0.000000827. The number of aliphatic imine (C=N–C) groups is 1. The van der Waals surface area contributed by atoms with Crippen LogP contribution in [0.3, 0.4) is 0 Å². The van der Waals surface area contributed by atoms with Crippen molar-refractivity contribution in [2.45, 2.75) is 6.92 Å². The topological polar surface area (TPSA) is 12.4 Å². The molecule has 0 aliphatic rings. The number of halogens is 3. The van der Waals surface area contributed by atoms with Gasteiger partial charge < -0.3 is 0 Å². The van der Waals surface area contributed by atoms with E-state index in [0.717, 1.165) is 23.3 Å². The maximum atomic E-state index is 14.5. The Labute approximate surface area is 207 Å². The molecule has 0 aromatic heterocycles. The van der Waals surface area contributed by atoms with Gasteiger partial charge in [-0.3, -0.25) is 0 Å². The zero-order chi connectivity index (χ0) is 21.4. The summed E-state index contributed by atoms with van der Waals surface area (Å²) in [7, 11) is 0.812. The van der Waals surface area contributed by atoms with E-state index in [-0.39, 0.29) is 51.1 Å². The van der Waals surface area contributed by atoms with Crippen molar-refractivity contribution in [1.82, 2.24) is 0 Å². The zero-order valence-corrected chi connectivity index (χ0v) is 23.0. The van der Waals surface area contributed by atoms with Gasteiger partial charge in [0.2, 0.25) is 0 Å². The summed E-state index contributed by atoms with van der Waals surface area (Å²) < 4.78 is 48.8. The van der Waals surface area contributed by atoms with Gasteiger partial charge in [0.05, 0.1) is 6.44 Å². The molecule has 3 aromatic rings. The molecule has 0 saturated heterocycles. The molecule has 3 rings (SSSR count). The van der Waals surface area contributed by atoms with Gasteiger partial charge in [0.25, 0.3) is 0 Å². The molecule has 0 aliphatic carbocycles. The van der Waals surface area contributed by atoms with Crippen LogP contribution < -0.4 is 0 Å². The van der Waals surface area contributed by atoms with Crippen molar-refractivity contribution in [2.24, 2.45) is 4.99 Å². The van der Waals surface area contributed by atoms with Gasteiger partial charge in [-0.25, -0.2) is 13.2 Å².